The highest BCUT2D eigenvalue weighted by Gasteiger charge is 2.03. The van der Waals surface area contributed by atoms with Crippen LogP contribution in [0, 0.1) is 0 Å². The van der Waals surface area contributed by atoms with E-state index in [4.69, 9.17) is 11.8 Å². The third-order valence-corrected chi connectivity index (χ3v) is 8.40. The molecule has 0 bridgehead atoms. The van der Waals surface area contributed by atoms with Gasteiger partial charge in [-0.1, -0.05) is 82.9 Å². The summed E-state index contributed by atoms with van der Waals surface area (Å²) in [5.41, 5.74) is 0. The van der Waals surface area contributed by atoms with Crippen molar-refractivity contribution in [2.24, 2.45) is 0 Å². The molecule has 0 spiro atoms. The van der Waals surface area contributed by atoms with Gasteiger partial charge in [-0.25, -0.2) is 0 Å². The van der Waals surface area contributed by atoms with Crippen molar-refractivity contribution >= 4 is 51.3 Å². The molecule has 0 aromatic rings. The third-order valence-electron chi connectivity index (χ3n) is 3.01. The molecular formula is C13H29PS4. The second kappa shape index (κ2) is 13.7. The zero-order valence-corrected chi connectivity index (χ0v) is 16.0. The molecule has 0 aromatic heterocycles. The van der Waals surface area contributed by atoms with E-state index in [0.717, 1.165) is 5.75 Å². The van der Waals surface area contributed by atoms with Gasteiger partial charge in [0.1, 0.15) is 3.64 Å². The summed E-state index contributed by atoms with van der Waals surface area (Å²) in [4.78, 5) is 0. The molecule has 0 fully saturated rings. The van der Waals surface area contributed by atoms with Gasteiger partial charge < -0.3 is 0 Å². The van der Waals surface area contributed by atoms with Crippen LogP contribution >= 0.6 is 39.5 Å². The SMILES string of the molecule is CCCCCCCCCCCCCSP(=S)(S)S. The molecule has 0 aliphatic heterocycles. The van der Waals surface area contributed by atoms with Gasteiger partial charge in [0, 0.05) is 0 Å². The summed E-state index contributed by atoms with van der Waals surface area (Å²) >= 11 is 15.6. The molecule has 18 heavy (non-hydrogen) atoms. The average molecular weight is 345 g/mol. The molecule has 0 saturated carbocycles. The molecule has 0 atom stereocenters. The lowest BCUT2D eigenvalue weighted by atomic mass is 10.1. The van der Waals surface area contributed by atoms with Crippen molar-refractivity contribution in [3.8, 4) is 0 Å². The summed E-state index contributed by atoms with van der Waals surface area (Å²) in [5.74, 6) is 1.14. The van der Waals surface area contributed by atoms with E-state index in [9.17, 15) is 0 Å². The van der Waals surface area contributed by atoms with Crippen LogP contribution in [0.2, 0.25) is 0 Å². The van der Waals surface area contributed by atoms with Gasteiger partial charge in [-0.3, -0.25) is 0 Å². The zero-order valence-electron chi connectivity index (χ0n) is 11.6. The summed E-state index contributed by atoms with van der Waals surface area (Å²) in [6.45, 7) is 2.28. The predicted octanol–water partition coefficient (Wildman–Crippen LogP) is 7.11. The summed E-state index contributed by atoms with van der Waals surface area (Å²) < 4.78 is -1.61. The maximum absolute atomic E-state index is 5.17. The van der Waals surface area contributed by atoms with Gasteiger partial charge in [0.25, 0.3) is 0 Å². The van der Waals surface area contributed by atoms with E-state index >= 15 is 0 Å². The normalized spacial score (nSPS) is 11.9. The molecule has 0 unspecified atom stereocenters. The number of thiol groups is 2. The van der Waals surface area contributed by atoms with Gasteiger partial charge in [0.05, 0.1) is 0 Å². The topological polar surface area (TPSA) is 0 Å². The molecule has 0 rings (SSSR count). The molecule has 0 aliphatic carbocycles. The van der Waals surface area contributed by atoms with Crippen molar-refractivity contribution in [3.05, 3.63) is 0 Å². The lowest BCUT2D eigenvalue weighted by Crippen LogP contribution is -1.83. The van der Waals surface area contributed by atoms with E-state index < -0.39 is 3.64 Å². The molecule has 0 aromatic carbocycles. The molecule has 110 valence electrons. The molecule has 0 amide bonds. The summed E-state index contributed by atoms with van der Waals surface area (Å²) in [7, 11) is 0. The van der Waals surface area contributed by atoms with Crippen molar-refractivity contribution in [2.45, 2.75) is 77.6 Å². The van der Waals surface area contributed by atoms with E-state index in [1.54, 1.807) is 11.4 Å². The van der Waals surface area contributed by atoms with Crippen molar-refractivity contribution in [1.29, 1.82) is 0 Å². The van der Waals surface area contributed by atoms with Gasteiger partial charge in [-0.2, -0.15) is 0 Å². The first-order valence-electron chi connectivity index (χ1n) is 7.26. The molecule has 0 nitrogen and oxygen atoms in total. The van der Waals surface area contributed by atoms with E-state index in [2.05, 4.69) is 31.4 Å². The van der Waals surface area contributed by atoms with Gasteiger partial charge in [0.2, 0.25) is 0 Å². The monoisotopic (exact) mass is 344 g/mol. The summed E-state index contributed by atoms with van der Waals surface area (Å²) in [5, 5.41) is 0. The number of rotatable bonds is 13. The van der Waals surface area contributed by atoms with Crippen LogP contribution in [-0.2, 0) is 11.8 Å². The Labute approximate surface area is 134 Å². The molecule has 0 saturated heterocycles. The highest BCUT2D eigenvalue weighted by molar-refractivity contribution is 9.17. The Balaban J connectivity index is 3.01. The first-order chi connectivity index (χ1) is 8.56. The van der Waals surface area contributed by atoms with Gasteiger partial charge in [-0.05, 0) is 12.2 Å². The number of hydrogen-bond donors (Lipinski definition) is 2. The first kappa shape index (κ1) is 19.7. The summed E-state index contributed by atoms with van der Waals surface area (Å²) in [6, 6.07) is 0. The minimum atomic E-state index is -1.61. The van der Waals surface area contributed by atoms with Crippen LogP contribution in [0.4, 0.5) is 0 Å². The highest BCUT2D eigenvalue weighted by atomic mass is 33.5. The van der Waals surface area contributed by atoms with Crippen molar-refractivity contribution in [2.75, 3.05) is 5.75 Å². The first-order valence-corrected chi connectivity index (χ1v) is 14.0. The van der Waals surface area contributed by atoms with Crippen molar-refractivity contribution < 1.29 is 0 Å². The maximum atomic E-state index is 5.17. The fourth-order valence-electron chi connectivity index (χ4n) is 1.95. The second-order valence-corrected chi connectivity index (χ2v) is 19.1. The van der Waals surface area contributed by atoms with Gasteiger partial charge in [-0.15, -0.1) is 35.9 Å². The van der Waals surface area contributed by atoms with Gasteiger partial charge in [0.15, 0.2) is 0 Å². The van der Waals surface area contributed by atoms with E-state index in [1.165, 1.54) is 70.6 Å². The second-order valence-electron chi connectivity index (χ2n) is 4.86. The van der Waals surface area contributed by atoms with Gasteiger partial charge >= 0.3 is 0 Å². The quantitative estimate of drug-likeness (QED) is 0.207. The molecule has 5 heteroatoms. The van der Waals surface area contributed by atoms with Crippen LogP contribution in [0.5, 0.6) is 0 Å². The zero-order chi connectivity index (χ0) is 13.7. The standard InChI is InChI=1S/C13H29PS4/c1-2-3-4-5-6-7-8-9-10-11-12-13-18-14(15,16)17/h2-13H2,1H3,(H2,15,16,17). The van der Waals surface area contributed by atoms with E-state index in [1.807, 2.05) is 0 Å². The van der Waals surface area contributed by atoms with Crippen LogP contribution in [0.25, 0.3) is 0 Å². The van der Waals surface area contributed by atoms with E-state index in [0.29, 0.717) is 0 Å². The Morgan fingerprint density at radius 2 is 1.17 bits per heavy atom. The third kappa shape index (κ3) is 17.7. The smallest absolute Gasteiger partial charge is 0.103 e. The highest BCUT2D eigenvalue weighted by Crippen LogP contribution is 2.67. The Morgan fingerprint density at radius 3 is 1.56 bits per heavy atom. The Bertz CT molecular complexity index is 215. The Morgan fingerprint density at radius 1 is 0.778 bits per heavy atom. The van der Waals surface area contributed by atoms with Crippen molar-refractivity contribution in [3.63, 3.8) is 0 Å². The predicted molar refractivity (Wildman–Crippen MR) is 101 cm³/mol. The molecule has 0 radical (unpaired) electrons. The minimum Gasteiger partial charge on any atom is -0.122 e. The lowest BCUT2D eigenvalue weighted by molar-refractivity contribution is 0.555. The molecule has 0 heterocycles. The fourth-order valence-corrected chi connectivity index (χ4v) is 5.76. The van der Waals surface area contributed by atoms with Crippen LogP contribution in [-0.4, -0.2) is 5.75 Å². The largest absolute Gasteiger partial charge is 0.122 e. The number of unbranched alkanes of at least 4 members (excludes halogenated alkanes) is 10. The lowest BCUT2D eigenvalue weighted by Gasteiger charge is -2.06. The van der Waals surface area contributed by atoms with E-state index in [-0.39, 0.29) is 0 Å². The average Bonchev–Trinajstić information content (AvgIpc) is 2.29. The fraction of sp³-hybridized carbons (Fsp3) is 1.00. The maximum Gasteiger partial charge on any atom is 0.103 e. The molecule has 0 N–H and O–H groups in total. The minimum absolute atomic E-state index is 1.14. The molecule has 0 aliphatic rings. The molecular weight excluding hydrogens is 315 g/mol. The number of hydrogen-bond acceptors (Lipinski definition) is 2. The Hall–Kier alpha value is 1.70. The van der Waals surface area contributed by atoms with Crippen LogP contribution in [0.1, 0.15) is 77.6 Å². The Kier molecular flexibility index (Phi) is 15.0. The van der Waals surface area contributed by atoms with Crippen LogP contribution < -0.4 is 0 Å². The van der Waals surface area contributed by atoms with Crippen molar-refractivity contribution in [1.82, 2.24) is 0 Å². The van der Waals surface area contributed by atoms with Crippen LogP contribution in [0.15, 0.2) is 0 Å². The summed E-state index contributed by atoms with van der Waals surface area (Å²) in [6.07, 6.45) is 15.4. The van der Waals surface area contributed by atoms with Crippen LogP contribution in [0.3, 0.4) is 0 Å².